The molecule has 0 bridgehead atoms. The lowest BCUT2D eigenvalue weighted by atomic mass is 10.1. The van der Waals surface area contributed by atoms with Crippen LogP contribution in [0.25, 0.3) is 0 Å². The summed E-state index contributed by atoms with van der Waals surface area (Å²) in [6.07, 6.45) is 4.81. The van der Waals surface area contributed by atoms with Gasteiger partial charge >= 0.3 is 0 Å². The molecule has 1 unspecified atom stereocenters. The number of hydrogen-bond donors (Lipinski definition) is 1. The number of Topliss-reactive ketones (excluding diaryl/α,β-unsaturated/α-hetero) is 1. The molecule has 1 aromatic carbocycles. The van der Waals surface area contributed by atoms with Crippen LogP contribution >= 0.6 is 0 Å². The molecular formula is C16H22FNO2. The average Bonchev–Trinajstić information content (AvgIpc) is 2.69. The number of carbonyl (C=O) groups is 1. The van der Waals surface area contributed by atoms with Crippen molar-refractivity contribution in [3.05, 3.63) is 35.6 Å². The van der Waals surface area contributed by atoms with Crippen LogP contribution in [0.5, 0.6) is 0 Å². The third-order valence-corrected chi connectivity index (χ3v) is 3.98. The molecule has 3 nitrogen and oxygen atoms in total. The first-order valence-corrected chi connectivity index (χ1v) is 7.34. The van der Waals surface area contributed by atoms with Crippen LogP contribution in [0, 0.1) is 5.82 Å². The van der Waals surface area contributed by atoms with E-state index in [2.05, 4.69) is 4.90 Å². The topological polar surface area (TPSA) is 40.5 Å². The standard InChI is InChI=1S/C16H22FNO2/c17-14-6-4-5-13(11-14)16(20)8-10-18-9-3-1-2-7-15(18)12-19/h4-6,11,15,19H,1-3,7-10,12H2. The smallest absolute Gasteiger partial charge is 0.164 e. The number of ketones is 1. The molecule has 1 fully saturated rings. The number of aliphatic hydroxyl groups excluding tert-OH is 1. The monoisotopic (exact) mass is 279 g/mol. The quantitative estimate of drug-likeness (QED) is 0.842. The maximum absolute atomic E-state index is 13.1. The zero-order chi connectivity index (χ0) is 14.4. The second kappa shape index (κ2) is 7.50. The van der Waals surface area contributed by atoms with Gasteiger partial charge in [-0.05, 0) is 31.5 Å². The summed E-state index contributed by atoms with van der Waals surface area (Å²) in [6, 6.07) is 6.00. The molecule has 2 rings (SSSR count). The number of halogens is 1. The summed E-state index contributed by atoms with van der Waals surface area (Å²) in [5.41, 5.74) is 0.431. The van der Waals surface area contributed by atoms with E-state index in [4.69, 9.17) is 0 Å². The predicted octanol–water partition coefficient (Wildman–Crippen LogP) is 2.64. The van der Waals surface area contributed by atoms with Crippen molar-refractivity contribution >= 4 is 5.78 Å². The second-order valence-corrected chi connectivity index (χ2v) is 5.41. The number of aliphatic hydroxyl groups is 1. The van der Waals surface area contributed by atoms with Gasteiger partial charge in [-0.2, -0.15) is 0 Å². The van der Waals surface area contributed by atoms with Gasteiger partial charge in [0.05, 0.1) is 6.61 Å². The Balaban J connectivity index is 1.91. The number of hydrogen-bond acceptors (Lipinski definition) is 3. The summed E-state index contributed by atoms with van der Waals surface area (Å²) >= 11 is 0. The van der Waals surface area contributed by atoms with Gasteiger partial charge in [-0.1, -0.05) is 25.0 Å². The Labute approximate surface area is 119 Å². The van der Waals surface area contributed by atoms with Crippen molar-refractivity contribution < 1.29 is 14.3 Å². The summed E-state index contributed by atoms with van der Waals surface area (Å²) in [7, 11) is 0. The molecule has 0 saturated carbocycles. The highest BCUT2D eigenvalue weighted by Crippen LogP contribution is 2.17. The molecule has 110 valence electrons. The zero-order valence-corrected chi connectivity index (χ0v) is 11.7. The molecule has 0 aromatic heterocycles. The maximum atomic E-state index is 13.1. The van der Waals surface area contributed by atoms with Crippen molar-refractivity contribution in [3.8, 4) is 0 Å². The third-order valence-electron chi connectivity index (χ3n) is 3.98. The molecule has 20 heavy (non-hydrogen) atoms. The molecule has 1 aliphatic heterocycles. The first-order chi connectivity index (χ1) is 9.70. The highest BCUT2D eigenvalue weighted by atomic mass is 19.1. The fourth-order valence-corrected chi connectivity index (χ4v) is 2.79. The van der Waals surface area contributed by atoms with E-state index in [0.29, 0.717) is 18.5 Å². The molecule has 1 saturated heterocycles. The molecule has 1 heterocycles. The Morgan fingerprint density at radius 2 is 2.20 bits per heavy atom. The molecule has 1 N–H and O–H groups in total. The Kier molecular flexibility index (Phi) is 5.68. The molecule has 0 radical (unpaired) electrons. The summed E-state index contributed by atoms with van der Waals surface area (Å²) in [5.74, 6) is -0.413. The highest BCUT2D eigenvalue weighted by Gasteiger charge is 2.20. The minimum absolute atomic E-state index is 0.0366. The fourth-order valence-electron chi connectivity index (χ4n) is 2.79. The fraction of sp³-hybridized carbons (Fsp3) is 0.562. The molecule has 0 aliphatic carbocycles. The van der Waals surface area contributed by atoms with Gasteiger partial charge in [0, 0.05) is 24.6 Å². The molecule has 4 heteroatoms. The average molecular weight is 279 g/mol. The van der Waals surface area contributed by atoms with Crippen LogP contribution in [0.3, 0.4) is 0 Å². The van der Waals surface area contributed by atoms with Crippen molar-refractivity contribution in [1.29, 1.82) is 0 Å². The Bertz CT molecular complexity index is 450. The summed E-state index contributed by atoms with van der Waals surface area (Å²) in [6.45, 7) is 1.72. The first kappa shape index (κ1) is 15.1. The van der Waals surface area contributed by atoms with E-state index >= 15 is 0 Å². The number of nitrogens with zero attached hydrogens (tertiary/aromatic N) is 1. The van der Waals surface area contributed by atoms with Crippen LogP contribution in [0.15, 0.2) is 24.3 Å². The van der Waals surface area contributed by atoms with Gasteiger partial charge in [0.2, 0.25) is 0 Å². The van der Waals surface area contributed by atoms with Gasteiger partial charge in [0.15, 0.2) is 5.78 Å². The summed E-state index contributed by atoms with van der Waals surface area (Å²) in [5, 5.41) is 9.43. The molecule has 1 aromatic rings. The van der Waals surface area contributed by atoms with Crippen LogP contribution in [-0.4, -0.2) is 41.5 Å². The zero-order valence-electron chi connectivity index (χ0n) is 11.7. The number of carbonyl (C=O) groups excluding carboxylic acids is 1. The number of likely N-dealkylation sites (tertiary alicyclic amines) is 1. The van der Waals surface area contributed by atoms with Gasteiger partial charge in [-0.25, -0.2) is 4.39 Å². The SMILES string of the molecule is O=C(CCN1CCCCCC1CO)c1cccc(F)c1. The van der Waals surface area contributed by atoms with E-state index in [-0.39, 0.29) is 24.2 Å². The van der Waals surface area contributed by atoms with Gasteiger partial charge in [0.1, 0.15) is 5.82 Å². The number of rotatable bonds is 5. The van der Waals surface area contributed by atoms with Crippen molar-refractivity contribution in [3.63, 3.8) is 0 Å². The van der Waals surface area contributed by atoms with Crippen molar-refractivity contribution in [1.82, 2.24) is 4.90 Å². The second-order valence-electron chi connectivity index (χ2n) is 5.41. The first-order valence-electron chi connectivity index (χ1n) is 7.34. The van der Waals surface area contributed by atoms with E-state index in [1.54, 1.807) is 12.1 Å². The Morgan fingerprint density at radius 1 is 1.35 bits per heavy atom. The van der Waals surface area contributed by atoms with Gasteiger partial charge in [0.25, 0.3) is 0 Å². The minimum atomic E-state index is -0.376. The van der Waals surface area contributed by atoms with Crippen LogP contribution in [0.1, 0.15) is 42.5 Å². The molecular weight excluding hydrogens is 257 g/mol. The van der Waals surface area contributed by atoms with Gasteiger partial charge in [-0.15, -0.1) is 0 Å². The highest BCUT2D eigenvalue weighted by molar-refractivity contribution is 5.96. The van der Waals surface area contributed by atoms with Crippen LogP contribution < -0.4 is 0 Å². The molecule has 0 amide bonds. The van der Waals surface area contributed by atoms with Crippen molar-refractivity contribution in [2.45, 2.75) is 38.1 Å². The van der Waals surface area contributed by atoms with Crippen LogP contribution in [0.2, 0.25) is 0 Å². The molecule has 1 aliphatic rings. The van der Waals surface area contributed by atoms with E-state index in [1.807, 2.05) is 0 Å². The third kappa shape index (κ3) is 4.12. The lowest BCUT2D eigenvalue weighted by molar-refractivity contribution is 0.0909. The number of benzene rings is 1. The van der Waals surface area contributed by atoms with E-state index < -0.39 is 0 Å². The largest absolute Gasteiger partial charge is 0.395 e. The summed E-state index contributed by atoms with van der Waals surface area (Å²) in [4.78, 5) is 14.3. The molecule has 1 atom stereocenters. The van der Waals surface area contributed by atoms with E-state index in [9.17, 15) is 14.3 Å². The predicted molar refractivity (Wildman–Crippen MR) is 76.3 cm³/mol. The Hall–Kier alpha value is -1.26. The normalized spacial score (nSPS) is 20.6. The van der Waals surface area contributed by atoms with Crippen molar-refractivity contribution in [2.75, 3.05) is 19.7 Å². The van der Waals surface area contributed by atoms with Crippen LogP contribution in [-0.2, 0) is 0 Å². The minimum Gasteiger partial charge on any atom is -0.395 e. The lowest BCUT2D eigenvalue weighted by Gasteiger charge is -2.28. The maximum Gasteiger partial charge on any atom is 0.164 e. The molecule has 0 spiro atoms. The summed E-state index contributed by atoms with van der Waals surface area (Å²) < 4.78 is 13.1. The van der Waals surface area contributed by atoms with Gasteiger partial charge < -0.3 is 5.11 Å². The van der Waals surface area contributed by atoms with E-state index in [1.165, 1.54) is 18.6 Å². The van der Waals surface area contributed by atoms with Gasteiger partial charge in [-0.3, -0.25) is 9.69 Å². The Morgan fingerprint density at radius 3 is 2.95 bits per heavy atom. The van der Waals surface area contributed by atoms with Crippen LogP contribution in [0.4, 0.5) is 4.39 Å². The van der Waals surface area contributed by atoms with E-state index in [0.717, 1.165) is 25.8 Å². The van der Waals surface area contributed by atoms with Crippen molar-refractivity contribution in [2.24, 2.45) is 0 Å². The lowest BCUT2D eigenvalue weighted by Crippen LogP contribution is -2.38.